The minimum atomic E-state index is -0.323. The molecule has 0 atom stereocenters. The first-order valence-electron chi connectivity index (χ1n) is 5.16. The van der Waals surface area contributed by atoms with Gasteiger partial charge < -0.3 is 4.74 Å². The summed E-state index contributed by atoms with van der Waals surface area (Å²) in [6.07, 6.45) is 2.16. The first-order valence-corrected chi connectivity index (χ1v) is 6.87. The van der Waals surface area contributed by atoms with Crippen LogP contribution >= 0.6 is 0 Å². The van der Waals surface area contributed by atoms with Crippen molar-refractivity contribution in [3.63, 3.8) is 0 Å². The fourth-order valence-corrected chi connectivity index (χ4v) is 2.78. The Bertz CT molecular complexity index is 309. The van der Waals surface area contributed by atoms with Gasteiger partial charge in [-0.3, -0.25) is 0 Å². The maximum absolute atomic E-state index is 10.7. The van der Waals surface area contributed by atoms with Crippen molar-refractivity contribution >= 4 is 20.7 Å². The van der Waals surface area contributed by atoms with Gasteiger partial charge in [-0.05, 0) is 6.42 Å². The van der Waals surface area contributed by atoms with Crippen molar-refractivity contribution in [1.82, 2.24) is 0 Å². The Balaban J connectivity index is 2.07. The standard InChI is InChI=1S/C12H16O2Si/c1-2-12(13)14-9-6-10-15-11-7-4-3-5-8-11/h2-5,7-8H,1,6,9-10,15H2. The molecule has 0 spiro atoms. The third kappa shape index (κ3) is 5.17. The lowest BCUT2D eigenvalue weighted by Gasteiger charge is -2.01. The fraction of sp³-hybridized carbons (Fsp3) is 0.250. The van der Waals surface area contributed by atoms with Crippen LogP contribution < -0.4 is 5.19 Å². The van der Waals surface area contributed by atoms with E-state index in [1.807, 2.05) is 6.07 Å². The molecule has 0 N–H and O–H groups in total. The van der Waals surface area contributed by atoms with Crippen molar-refractivity contribution in [2.45, 2.75) is 12.5 Å². The molecule has 1 aromatic rings. The van der Waals surface area contributed by atoms with Crippen molar-refractivity contribution in [1.29, 1.82) is 0 Å². The van der Waals surface area contributed by atoms with Crippen LogP contribution in [-0.2, 0) is 9.53 Å². The first kappa shape index (κ1) is 11.7. The van der Waals surface area contributed by atoms with Gasteiger partial charge in [0, 0.05) is 6.08 Å². The lowest BCUT2D eigenvalue weighted by atomic mass is 10.4. The number of esters is 1. The molecule has 15 heavy (non-hydrogen) atoms. The van der Waals surface area contributed by atoms with Gasteiger partial charge in [-0.1, -0.05) is 48.1 Å². The van der Waals surface area contributed by atoms with E-state index in [0.717, 1.165) is 6.42 Å². The van der Waals surface area contributed by atoms with Crippen molar-refractivity contribution in [2.24, 2.45) is 0 Å². The van der Waals surface area contributed by atoms with E-state index >= 15 is 0 Å². The summed E-state index contributed by atoms with van der Waals surface area (Å²) < 4.78 is 4.89. The summed E-state index contributed by atoms with van der Waals surface area (Å²) in [5, 5.41) is 1.47. The van der Waals surface area contributed by atoms with Crippen LogP contribution in [0, 0.1) is 0 Å². The van der Waals surface area contributed by atoms with Gasteiger partial charge in [-0.15, -0.1) is 0 Å². The van der Waals surface area contributed by atoms with Gasteiger partial charge in [0.2, 0.25) is 0 Å². The van der Waals surface area contributed by atoms with Crippen LogP contribution in [0.15, 0.2) is 43.0 Å². The van der Waals surface area contributed by atoms with Crippen molar-refractivity contribution < 1.29 is 9.53 Å². The molecule has 0 aromatic heterocycles. The van der Waals surface area contributed by atoms with Crippen LogP contribution in [0.5, 0.6) is 0 Å². The highest BCUT2D eigenvalue weighted by atomic mass is 28.2. The molecule has 0 aliphatic carbocycles. The SMILES string of the molecule is C=CC(=O)OCCC[SiH2]c1ccccc1. The van der Waals surface area contributed by atoms with E-state index < -0.39 is 0 Å². The number of ether oxygens (including phenoxy) is 1. The molecule has 0 unspecified atom stereocenters. The topological polar surface area (TPSA) is 26.3 Å². The van der Waals surface area contributed by atoms with Crippen LogP contribution in [0.4, 0.5) is 0 Å². The summed E-state index contributed by atoms with van der Waals surface area (Å²) in [5.74, 6) is -0.323. The fourth-order valence-electron chi connectivity index (χ4n) is 1.31. The Morgan fingerprint density at radius 2 is 2.13 bits per heavy atom. The second-order valence-corrected chi connectivity index (χ2v) is 5.34. The monoisotopic (exact) mass is 220 g/mol. The van der Waals surface area contributed by atoms with Crippen molar-refractivity contribution in [2.75, 3.05) is 6.61 Å². The second-order valence-electron chi connectivity index (χ2n) is 3.31. The zero-order valence-electron chi connectivity index (χ0n) is 8.82. The summed E-state index contributed by atoms with van der Waals surface area (Å²) in [6.45, 7) is 3.86. The molecule has 0 heterocycles. The maximum Gasteiger partial charge on any atom is 0.330 e. The Hall–Kier alpha value is -1.35. The minimum absolute atomic E-state index is 0.180. The van der Waals surface area contributed by atoms with Crippen molar-refractivity contribution in [3.8, 4) is 0 Å². The molecule has 1 rings (SSSR count). The molecule has 0 amide bonds. The van der Waals surface area contributed by atoms with E-state index in [-0.39, 0.29) is 15.5 Å². The van der Waals surface area contributed by atoms with Gasteiger partial charge in [0.15, 0.2) is 0 Å². The number of benzene rings is 1. The second kappa shape index (κ2) is 7.01. The van der Waals surface area contributed by atoms with Gasteiger partial charge in [-0.25, -0.2) is 4.79 Å². The Labute approximate surface area is 92.8 Å². The summed E-state index contributed by atoms with van der Waals surface area (Å²) in [5.41, 5.74) is 0. The van der Waals surface area contributed by atoms with E-state index in [1.165, 1.54) is 17.3 Å². The largest absolute Gasteiger partial charge is 0.463 e. The van der Waals surface area contributed by atoms with Crippen LogP contribution in [0.3, 0.4) is 0 Å². The summed E-state index contributed by atoms with van der Waals surface area (Å²) in [4.78, 5) is 10.7. The highest BCUT2D eigenvalue weighted by molar-refractivity contribution is 6.53. The molecule has 0 bridgehead atoms. The molecular formula is C12H16O2Si. The average Bonchev–Trinajstić information content (AvgIpc) is 2.29. The average molecular weight is 220 g/mol. The molecule has 1 aromatic carbocycles. The minimum Gasteiger partial charge on any atom is -0.463 e. The number of hydrogen-bond acceptors (Lipinski definition) is 2. The van der Waals surface area contributed by atoms with Crippen LogP contribution in [-0.4, -0.2) is 22.1 Å². The zero-order valence-corrected chi connectivity index (χ0v) is 10.2. The van der Waals surface area contributed by atoms with Gasteiger partial charge >= 0.3 is 5.97 Å². The Morgan fingerprint density at radius 3 is 2.80 bits per heavy atom. The van der Waals surface area contributed by atoms with Gasteiger partial charge in [0.1, 0.15) is 0 Å². The lowest BCUT2D eigenvalue weighted by molar-refractivity contribution is -0.137. The van der Waals surface area contributed by atoms with Crippen LogP contribution in [0.25, 0.3) is 0 Å². The normalized spacial score (nSPS) is 10.4. The third-order valence-electron chi connectivity index (χ3n) is 2.11. The smallest absolute Gasteiger partial charge is 0.330 e. The molecule has 0 aliphatic rings. The molecule has 3 heteroatoms. The molecule has 2 nitrogen and oxygen atoms in total. The molecule has 0 aliphatic heterocycles. The van der Waals surface area contributed by atoms with E-state index in [0.29, 0.717) is 6.61 Å². The zero-order chi connectivity index (χ0) is 10.9. The molecule has 0 fully saturated rings. The highest BCUT2D eigenvalue weighted by Crippen LogP contribution is 1.92. The van der Waals surface area contributed by atoms with E-state index in [9.17, 15) is 4.79 Å². The van der Waals surface area contributed by atoms with E-state index in [2.05, 4.69) is 30.8 Å². The van der Waals surface area contributed by atoms with Crippen LogP contribution in [0.2, 0.25) is 6.04 Å². The highest BCUT2D eigenvalue weighted by Gasteiger charge is 1.96. The summed E-state index contributed by atoms with van der Waals surface area (Å²) in [6, 6.07) is 11.7. The first-order chi connectivity index (χ1) is 7.33. The third-order valence-corrected chi connectivity index (χ3v) is 4.02. The number of rotatable bonds is 6. The molecular weight excluding hydrogens is 204 g/mol. The quantitative estimate of drug-likeness (QED) is 0.310. The lowest BCUT2D eigenvalue weighted by Crippen LogP contribution is -2.13. The summed E-state index contributed by atoms with van der Waals surface area (Å²) >= 11 is 0. The number of carbonyl (C=O) groups excluding carboxylic acids is 1. The predicted octanol–water partition coefficient (Wildman–Crippen LogP) is 1.02. The Morgan fingerprint density at radius 1 is 1.40 bits per heavy atom. The van der Waals surface area contributed by atoms with Gasteiger partial charge in [-0.2, -0.15) is 0 Å². The number of carbonyl (C=O) groups is 1. The molecule has 0 saturated heterocycles. The Kier molecular flexibility index (Phi) is 5.48. The summed E-state index contributed by atoms with van der Waals surface area (Å²) in [7, 11) is -0.180. The van der Waals surface area contributed by atoms with Gasteiger partial charge in [0.25, 0.3) is 0 Å². The van der Waals surface area contributed by atoms with Gasteiger partial charge in [0.05, 0.1) is 16.1 Å². The van der Waals surface area contributed by atoms with Crippen LogP contribution in [0.1, 0.15) is 6.42 Å². The van der Waals surface area contributed by atoms with E-state index in [4.69, 9.17) is 4.74 Å². The van der Waals surface area contributed by atoms with Crippen molar-refractivity contribution in [3.05, 3.63) is 43.0 Å². The van der Waals surface area contributed by atoms with E-state index in [1.54, 1.807) is 0 Å². The molecule has 0 saturated carbocycles. The maximum atomic E-state index is 10.7. The molecule has 80 valence electrons. The predicted molar refractivity (Wildman–Crippen MR) is 65.2 cm³/mol. The number of hydrogen-bond donors (Lipinski definition) is 0. The molecule has 0 radical (unpaired) electrons.